The molecule has 0 aromatic carbocycles. The Morgan fingerprint density at radius 1 is 0.625 bits per heavy atom. The fourth-order valence-electron chi connectivity index (χ4n) is 0. The molecule has 0 nitrogen and oxygen atoms in total. The van der Waals surface area contributed by atoms with E-state index in [2.05, 4.69) is 20.8 Å². The zero-order valence-electron chi connectivity index (χ0n) is 6.03. The van der Waals surface area contributed by atoms with Crippen molar-refractivity contribution in [2.75, 3.05) is 0 Å². The van der Waals surface area contributed by atoms with Crippen molar-refractivity contribution in [3.05, 3.63) is 20.8 Å². The van der Waals surface area contributed by atoms with Crippen molar-refractivity contribution in [3.8, 4) is 0 Å². The molecule has 8 heavy (non-hydrogen) atoms. The Labute approximate surface area is 68.3 Å². The Kier molecular flexibility index (Phi) is 3870. The van der Waals surface area contributed by atoms with Gasteiger partial charge in [-0.15, -0.1) is 0 Å². The molecule has 0 N–H and O–H groups in total. The predicted molar refractivity (Wildman–Crippen MR) is 35.6 cm³/mol. The summed E-state index contributed by atoms with van der Waals surface area (Å²) < 4.78 is 0. The van der Waals surface area contributed by atoms with Crippen LogP contribution in [-0.4, -0.2) is 0 Å². The van der Waals surface area contributed by atoms with Crippen molar-refractivity contribution in [1.29, 1.82) is 0 Å². The maximum absolute atomic E-state index is 3.25. The summed E-state index contributed by atoms with van der Waals surface area (Å²) >= 11 is 0. The van der Waals surface area contributed by atoms with E-state index in [0.717, 1.165) is 0 Å². The van der Waals surface area contributed by atoms with E-state index in [1.165, 1.54) is 0 Å². The van der Waals surface area contributed by atoms with Crippen molar-refractivity contribution in [2.24, 2.45) is 0 Å². The van der Waals surface area contributed by atoms with Crippen LogP contribution >= 0.6 is 0 Å². The molecule has 0 unspecified atom stereocenters. The molecular formula is C6H16FTi. The van der Waals surface area contributed by atoms with Gasteiger partial charge in [-0.1, -0.05) is 0 Å². The quantitative estimate of drug-likeness (QED) is 0.372. The van der Waals surface area contributed by atoms with Gasteiger partial charge in [0.25, 0.3) is 0 Å². The molecule has 0 bridgehead atoms. The molecule has 0 spiro atoms. The molecule has 0 atom stereocenters. The number of rotatable bonds is 0. The molecule has 0 aliphatic heterocycles. The maximum atomic E-state index is 3.25. The Morgan fingerprint density at radius 2 is 0.625 bits per heavy atom. The van der Waals surface area contributed by atoms with Crippen molar-refractivity contribution < 1.29 is 26.4 Å². The van der Waals surface area contributed by atoms with Crippen LogP contribution in [-0.2, 0) is 21.7 Å². The van der Waals surface area contributed by atoms with Gasteiger partial charge in [-0.25, -0.2) is 0 Å². The van der Waals surface area contributed by atoms with E-state index in [1.807, 2.05) is 0 Å². The van der Waals surface area contributed by atoms with Gasteiger partial charge in [0.05, 0.1) is 0 Å². The van der Waals surface area contributed by atoms with Crippen LogP contribution in [0.5, 0.6) is 0 Å². The fourth-order valence-corrected chi connectivity index (χ4v) is 0. The predicted octanol–water partition coefficient (Wildman–Crippen LogP) is 2.67. The average molecular weight is 155 g/mol. The van der Waals surface area contributed by atoms with E-state index in [0.29, 0.717) is 0 Å². The molecule has 0 heterocycles. The van der Waals surface area contributed by atoms with Crippen LogP contribution in [0.2, 0.25) is 0 Å². The summed E-state index contributed by atoms with van der Waals surface area (Å²) in [4.78, 5) is 0. The van der Waals surface area contributed by atoms with Gasteiger partial charge < -0.3 is 20.8 Å². The molecule has 0 rings (SSSR count). The summed E-state index contributed by atoms with van der Waals surface area (Å²) in [6.07, 6.45) is 0. The third-order valence-corrected chi connectivity index (χ3v) is 0. The largest absolute Gasteiger partial charge is 3.00 e. The minimum atomic E-state index is 0. The fraction of sp³-hybridized carbons (Fsp3) is 0.500. The van der Waals surface area contributed by atoms with Crippen LogP contribution in [0.15, 0.2) is 0 Å². The minimum absolute atomic E-state index is 0. The van der Waals surface area contributed by atoms with Gasteiger partial charge in [-0.2, -0.15) is 20.8 Å². The van der Waals surface area contributed by atoms with Gasteiger partial charge in [0.2, 0.25) is 0 Å². The van der Waals surface area contributed by atoms with Crippen LogP contribution in [0.3, 0.4) is 0 Å². The zero-order valence-corrected chi connectivity index (χ0v) is 7.59. The summed E-state index contributed by atoms with van der Waals surface area (Å²) in [5, 5.41) is 0. The van der Waals surface area contributed by atoms with E-state index >= 15 is 0 Å². The van der Waals surface area contributed by atoms with Crippen molar-refractivity contribution in [2.45, 2.75) is 20.8 Å². The summed E-state index contributed by atoms with van der Waals surface area (Å²) in [7, 11) is 0. The topological polar surface area (TPSA) is 0 Å². The summed E-state index contributed by atoms with van der Waals surface area (Å²) in [6, 6.07) is 0. The first-order chi connectivity index (χ1) is 3.00. The van der Waals surface area contributed by atoms with Crippen LogP contribution in [0.1, 0.15) is 20.8 Å². The second-order valence-corrected chi connectivity index (χ2v) is 0. The zero-order chi connectivity index (χ0) is 6.00. The van der Waals surface area contributed by atoms with Gasteiger partial charge in [0.1, 0.15) is 0 Å². The van der Waals surface area contributed by atoms with E-state index in [-0.39, 0.29) is 26.4 Å². The molecule has 0 aromatic heterocycles. The Balaban J connectivity index is -0.00000000500. The molecule has 0 aliphatic rings. The SMILES string of the molecule is F.[CH2-]C.[CH2-]C.[CH2-]C.[Ti+3]. The monoisotopic (exact) mass is 155 g/mol. The molecular weight excluding hydrogens is 139 g/mol. The van der Waals surface area contributed by atoms with E-state index in [1.54, 1.807) is 20.8 Å². The van der Waals surface area contributed by atoms with Gasteiger partial charge >= 0.3 is 21.7 Å². The normalized spacial score (nSPS) is 2.25. The molecule has 1 radical (unpaired) electrons. The molecule has 0 saturated heterocycles. The molecule has 0 saturated carbocycles. The van der Waals surface area contributed by atoms with E-state index in [4.69, 9.17) is 0 Å². The molecule has 51 valence electrons. The van der Waals surface area contributed by atoms with Crippen LogP contribution in [0, 0.1) is 20.8 Å². The molecule has 0 amide bonds. The van der Waals surface area contributed by atoms with Gasteiger partial charge in [0.15, 0.2) is 0 Å². The van der Waals surface area contributed by atoms with Crippen LogP contribution in [0.4, 0.5) is 4.70 Å². The molecule has 2 heteroatoms. The van der Waals surface area contributed by atoms with E-state index in [9.17, 15) is 0 Å². The first-order valence-corrected chi connectivity index (χ1v) is 2.12. The summed E-state index contributed by atoms with van der Waals surface area (Å²) in [6.45, 7) is 15.0. The van der Waals surface area contributed by atoms with Crippen LogP contribution < -0.4 is 0 Å². The maximum Gasteiger partial charge on any atom is 3.00 e. The van der Waals surface area contributed by atoms with Crippen molar-refractivity contribution in [3.63, 3.8) is 0 Å². The minimum Gasteiger partial charge on any atom is -0.346 e. The molecule has 0 fully saturated rings. The number of halogens is 1. The van der Waals surface area contributed by atoms with E-state index < -0.39 is 0 Å². The Bertz CT molecular complexity index is 8.49. The summed E-state index contributed by atoms with van der Waals surface area (Å²) in [5.41, 5.74) is 0. The van der Waals surface area contributed by atoms with Gasteiger partial charge in [-0.3, -0.25) is 4.70 Å². The second-order valence-electron chi connectivity index (χ2n) is 0. The third kappa shape index (κ3) is 510. The van der Waals surface area contributed by atoms with Crippen molar-refractivity contribution >= 4 is 0 Å². The molecule has 0 aliphatic carbocycles. The average Bonchev–Trinajstić information content (AvgIpc) is 1.81. The van der Waals surface area contributed by atoms with Gasteiger partial charge in [0, 0.05) is 0 Å². The summed E-state index contributed by atoms with van der Waals surface area (Å²) in [5.74, 6) is 0. The third-order valence-electron chi connectivity index (χ3n) is 0. The first-order valence-electron chi connectivity index (χ1n) is 2.12. The van der Waals surface area contributed by atoms with Gasteiger partial charge in [-0.05, 0) is 0 Å². The molecule has 0 aromatic rings. The van der Waals surface area contributed by atoms with Crippen LogP contribution in [0.25, 0.3) is 0 Å². The smallest absolute Gasteiger partial charge is 0.346 e. The second kappa shape index (κ2) is 813. The Morgan fingerprint density at radius 3 is 0.625 bits per heavy atom. The Hall–Kier alpha value is 0.644. The standard InChI is InChI=1S/3C2H5.FH.Ti/c3*1-2;;/h3*1H2,2H3;1H;/q3*-1;;+3. The first kappa shape index (κ1) is 38.0. The van der Waals surface area contributed by atoms with Crippen molar-refractivity contribution in [1.82, 2.24) is 0 Å². The number of hydrogen-bond acceptors (Lipinski definition) is 0. The number of hydrogen-bond donors (Lipinski definition) is 0.